The Morgan fingerprint density at radius 1 is 1.29 bits per heavy atom. The Morgan fingerprint density at radius 3 is 3.07 bits per heavy atom. The Morgan fingerprint density at radius 2 is 2.14 bits per heavy atom. The number of ketones is 1. The molecule has 4 bridgehead atoms. The largest absolute Gasteiger partial charge is 0.343 e. The first-order valence-corrected chi connectivity index (χ1v) is 5.34. The van der Waals surface area contributed by atoms with Gasteiger partial charge in [-0.3, -0.25) is 4.79 Å². The lowest BCUT2D eigenvalue weighted by Crippen LogP contribution is -2.45. The van der Waals surface area contributed by atoms with Crippen molar-refractivity contribution < 1.29 is 14.3 Å². The van der Waals surface area contributed by atoms with Crippen molar-refractivity contribution in [2.45, 2.75) is 18.8 Å². The molecule has 2 saturated heterocycles. The molecule has 0 aromatic carbocycles. The van der Waals surface area contributed by atoms with Gasteiger partial charge in [0.05, 0.1) is 12.7 Å². The zero-order chi connectivity index (χ0) is 9.28. The number of hydrogen-bond acceptors (Lipinski definition) is 3. The second kappa shape index (κ2) is 2.28. The van der Waals surface area contributed by atoms with Crippen LogP contribution in [0.3, 0.4) is 0 Å². The molecule has 0 aromatic rings. The Bertz CT molecular complexity index is 335. The maximum Gasteiger partial charge on any atom is 0.218 e. The first-order valence-electron chi connectivity index (χ1n) is 5.34. The predicted molar refractivity (Wildman–Crippen MR) is 47.3 cm³/mol. The summed E-state index contributed by atoms with van der Waals surface area (Å²) in [5, 5.41) is 0. The topological polar surface area (TPSA) is 35.5 Å². The molecule has 0 amide bonds. The Kier molecular flexibility index (Phi) is 1.24. The SMILES string of the molecule is O=C1[C@H]2OC[C@@H](O2)[C@H]2[C@@H]1[C@H]1C=C[C@H]2C1. The third-order valence-corrected chi connectivity index (χ3v) is 4.22. The summed E-state index contributed by atoms with van der Waals surface area (Å²) in [6.07, 6.45) is 5.29. The molecule has 0 radical (unpaired) electrons. The van der Waals surface area contributed by atoms with Crippen molar-refractivity contribution in [2.75, 3.05) is 6.61 Å². The first-order chi connectivity index (χ1) is 6.84. The molecule has 4 rings (SSSR count). The number of hydrogen-bond donors (Lipinski definition) is 0. The fourth-order valence-corrected chi connectivity index (χ4v) is 3.70. The summed E-state index contributed by atoms with van der Waals surface area (Å²) in [5.74, 6) is 1.86. The molecule has 0 N–H and O–H groups in total. The summed E-state index contributed by atoms with van der Waals surface area (Å²) >= 11 is 0. The van der Waals surface area contributed by atoms with E-state index in [9.17, 15) is 4.79 Å². The summed E-state index contributed by atoms with van der Waals surface area (Å²) in [6.45, 7) is 0.620. The number of rotatable bonds is 0. The highest BCUT2D eigenvalue weighted by atomic mass is 16.7. The van der Waals surface area contributed by atoms with E-state index in [2.05, 4.69) is 12.2 Å². The molecule has 2 aliphatic carbocycles. The van der Waals surface area contributed by atoms with Gasteiger partial charge >= 0.3 is 0 Å². The van der Waals surface area contributed by atoms with Crippen LogP contribution in [0, 0.1) is 23.7 Å². The van der Waals surface area contributed by atoms with Gasteiger partial charge in [-0.05, 0) is 18.3 Å². The predicted octanol–water partition coefficient (Wildman–Crippen LogP) is 0.749. The number of fused-ring (bicyclic) bond motifs is 8. The van der Waals surface area contributed by atoms with E-state index in [1.165, 1.54) is 0 Å². The lowest BCUT2D eigenvalue weighted by Gasteiger charge is -2.34. The molecule has 4 aliphatic rings. The molecule has 2 heterocycles. The highest BCUT2D eigenvalue weighted by Crippen LogP contribution is 2.54. The summed E-state index contributed by atoms with van der Waals surface area (Å²) < 4.78 is 10.9. The van der Waals surface area contributed by atoms with Crippen LogP contribution < -0.4 is 0 Å². The number of carbonyl (C=O) groups excluding carboxylic acids is 1. The lowest BCUT2D eigenvalue weighted by atomic mass is 9.76. The molecular formula is C11H12O3. The average molecular weight is 192 g/mol. The summed E-state index contributed by atoms with van der Waals surface area (Å²) in [4.78, 5) is 12.0. The monoisotopic (exact) mass is 192 g/mol. The number of Topliss-reactive ketones (excluding diaryl/α,β-unsaturated/α-hetero) is 1. The normalized spacial score (nSPS) is 58.1. The minimum absolute atomic E-state index is 0.183. The smallest absolute Gasteiger partial charge is 0.218 e. The van der Waals surface area contributed by atoms with Crippen LogP contribution >= 0.6 is 0 Å². The van der Waals surface area contributed by atoms with E-state index in [1.807, 2.05) is 0 Å². The Hall–Kier alpha value is -0.670. The van der Waals surface area contributed by atoms with Crippen molar-refractivity contribution in [2.24, 2.45) is 23.7 Å². The van der Waals surface area contributed by atoms with Gasteiger partial charge < -0.3 is 9.47 Å². The molecule has 74 valence electrons. The van der Waals surface area contributed by atoms with Crippen LogP contribution in [0.4, 0.5) is 0 Å². The van der Waals surface area contributed by atoms with Crippen LogP contribution in [0.5, 0.6) is 0 Å². The molecule has 0 unspecified atom stereocenters. The summed E-state index contributed by atoms with van der Waals surface area (Å²) in [5.41, 5.74) is 0. The summed E-state index contributed by atoms with van der Waals surface area (Å²) in [6, 6.07) is 0. The van der Waals surface area contributed by atoms with Crippen molar-refractivity contribution in [1.82, 2.24) is 0 Å². The van der Waals surface area contributed by atoms with Gasteiger partial charge in [0.15, 0.2) is 5.78 Å². The maximum atomic E-state index is 12.0. The Balaban J connectivity index is 1.81. The van der Waals surface area contributed by atoms with Gasteiger partial charge in [0.1, 0.15) is 0 Å². The second-order valence-electron chi connectivity index (χ2n) is 4.79. The van der Waals surface area contributed by atoms with E-state index in [1.54, 1.807) is 0 Å². The van der Waals surface area contributed by atoms with Gasteiger partial charge in [-0.25, -0.2) is 0 Å². The highest BCUT2D eigenvalue weighted by Gasteiger charge is 2.59. The van der Waals surface area contributed by atoms with Crippen LogP contribution in [0.2, 0.25) is 0 Å². The quantitative estimate of drug-likeness (QED) is 0.531. The fourth-order valence-electron chi connectivity index (χ4n) is 3.70. The van der Waals surface area contributed by atoms with Gasteiger partial charge in [0.2, 0.25) is 6.29 Å². The van der Waals surface area contributed by atoms with E-state index in [4.69, 9.17) is 9.47 Å². The molecule has 0 aromatic heterocycles. The van der Waals surface area contributed by atoms with Crippen LogP contribution in [-0.4, -0.2) is 24.8 Å². The van der Waals surface area contributed by atoms with Gasteiger partial charge in [-0.2, -0.15) is 0 Å². The van der Waals surface area contributed by atoms with E-state index in [0.29, 0.717) is 24.4 Å². The molecular weight excluding hydrogens is 180 g/mol. The van der Waals surface area contributed by atoms with Crippen LogP contribution in [0.1, 0.15) is 6.42 Å². The number of carbonyl (C=O) groups is 1. The molecule has 1 saturated carbocycles. The summed E-state index contributed by atoms with van der Waals surface area (Å²) in [7, 11) is 0. The standard InChI is InChI=1S/C11H12O3/c12-10-9-6-2-1-5(3-6)8(9)7-4-13-11(10)14-7/h1-2,5-9,11H,3-4H2/t5-,6-,7+,8-,9-,11-/m0/s1. The third-order valence-electron chi connectivity index (χ3n) is 4.22. The van der Waals surface area contributed by atoms with Gasteiger partial charge in [0, 0.05) is 11.8 Å². The first kappa shape index (κ1) is 7.60. The van der Waals surface area contributed by atoms with Crippen LogP contribution in [-0.2, 0) is 14.3 Å². The van der Waals surface area contributed by atoms with Crippen LogP contribution in [0.15, 0.2) is 12.2 Å². The van der Waals surface area contributed by atoms with Gasteiger partial charge in [-0.1, -0.05) is 12.2 Å². The molecule has 3 nitrogen and oxygen atoms in total. The minimum atomic E-state index is -0.533. The minimum Gasteiger partial charge on any atom is -0.343 e. The van der Waals surface area contributed by atoms with Crippen molar-refractivity contribution in [3.8, 4) is 0 Å². The van der Waals surface area contributed by atoms with Gasteiger partial charge in [-0.15, -0.1) is 0 Å². The van der Waals surface area contributed by atoms with E-state index >= 15 is 0 Å². The number of ether oxygens (including phenoxy) is 2. The van der Waals surface area contributed by atoms with E-state index < -0.39 is 6.29 Å². The number of allylic oxidation sites excluding steroid dienone is 2. The van der Waals surface area contributed by atoms with Crippen LogP contribution in [0.25, 0.3) is 0 Å². The molecule has 6 atom stereocenters. The van der Waals surface area contributed by atoms with Crippen molar-refractivity contribution in [1.29, 1.82) is 0 Å². The average Bonchev–Trinajstić information content (AvgIpc) is 2.89. The maximum absolute atomic E-state index is 12.0. The second-order valence-corrected chi connectivity index (χ2v) is 4.79. The molecule has 3 fully saturated rings. The zero-order valence-electron chi connectivity index (χ0n) is 7.76. The Labute approximate surface area is 82.1 Å². The molecule has 3 heteroatoms. The molecule has 14 heavy (non-hydrogen) atoms. The zero-order valence-corrected chi connectivity index (χ0v) is 7.76. The third kappa shape index (κ3) is 0.708. The van der Waals surface area contributed by atoms with Crippen molar-refractivity contribution in [3.63, 3.8) is 0 Å². The van der Waals surface area contributed by atoms with Crippen molar-refractivity contribution in [3.05, 3.63) is 12.2 Å². The van der Waals surface area contributed by atoms with Crippen molar-refractivity contribution >= 4 is 5.78 Å². The fraction of sp³-hybridized carbons (Fsp3) is 0.727. The van der Waals surface area contributed by atoms with E-state index in [0.717, 1.165) is 6.42 Å². The molecule has 2 aliphatic heterocycles. The highest BCUT2D eigenvalue weighted by molar-refractivity contribution is 5.87. The van der Waals surface area contributed by atoms with Gasteiger partial charge in [0.25, 0.3) is 0 Å². The lowest BCUT2D eigenvalue weighted by molar-refractivity contribution is -0.166. The van der Waals surface area contributed by atoms with E-state index in [-0.39, 0.29) is 17.8 Å². The molecule has 0 spiro atoms.